The SMILES string of the molecule is COc1ccc(C(=O)NCCCC(=O)Nc2ccccc2CN2CCc3ccccc32)cc1. The molecule has 0 unspecified atom stereocenters. The van der Waals surface area contributed by atoms with E-state index in [1.165, 1.54) is 11.3 Å². The molecule has 4 rings (SSSR count). The van der Waals surface area contributed by atoms with Gasteiger partial charge in [-0.2, -0.15) is 0 Å². The van der Waals surface area contributed by atoms with Crippen molar-refractivity contribution in [3.05, 3.63) is 89.5 Å². The van der Waals surface area contributed by atoms with Crippen LogP contribution in [0.2, 0.25) is 0 Å². The summed E-state index contributed by atoms with van der Waals surface area (Å²) in [6.45, 7) is 2.17. The Labute approximate surface area is 194 Å². The van der Waals surface area contributed by atoms with Crippen LogP contribution in [0.1, 0.15) is 34.3 Å². The third-order valence-corrected chi connectivity index (χ3v) is 5.85. The van der Waals surface area contributed by atoms with Crippen molar-refractivity contribution in [3.8, 4) is 5.75 Å². The summed E-state index contributed by atoms with van der Waals surface area (Å²) in [6, 6.07) is 23.4. The fourth-order valence-electron chi connectivity index (χ4n) is 4.06. The lowest BCUT2D eigenvalue weighted by molar-refractivity contribution is -0.116. The number of benzene rings is 3. The quantitative estimate of drug-likeness (QED) is 0.481. The van der Waals surface area contributed by atoms with Crippen molar-refractivity contribution in [2.75, 3.05) is 30.4 Å². The highest BCUT2D eigenvalue weighted by Gasteiger charge is 2.19. The van der Waals surface area contributed by atoms with E-state index in [4.69, 9.17) is 4.74 Å². The Morgan fingerprint density at radius 2 is 1.73 bits per heavy atom. The van der Waals surface area contributed by atoms with Gasteiger partial charge in [-0.25, -0.2) is 0 Å². The molecule has 1 heterocycles. The van der Waals surface area contributed by atoms with E-state index in [2.05, 4.69) is 45.9 Å². The van der Waals surface area contributed by atoms with Crippen molar-refractivity contribution in [1.82, 2.24) is 5.32 Å². The van der Waals surface area contributed by atoms with E-state index < -0.39 is 0 Å². The first-order valence-corrected chi connectivity index (χ1v) is 11.3. The highest BCUT2D eigenvalue weighted by molar-refractivity contribution is 5.94. The summed E-state index contributed by atoms with van der Waals surface area (Å²) >= 11 is 0. The molecule has 2 N–H and O–H groups in total. The Morgan fingerprint density at radius 3 is 2.55 bits per heavy atom. The Kier molecular flexibility index (Phi) is 7.25. The Balaban J connectivity index is 1.26. The van der Waals surface area contributed by atoms with Crippen LogP contribution in [-0.4, -0.2) is 32.0 Å². The second-order valence-corrected chi connectivity index (χ2v) is 8.09. The molecule has 0 spiro atoms. The van der Waals surface area contributed by atoms with Gasteiger partial charge < -0.3 is 20.3 Å². The number of fused-ring (bicyclic) bond motifs is 1. The monoisotopic (exact) mass is 443 g/mol. The number of nitrogens with zero attached hydrogens (tertiary/aromatic N) is 1. The van der Waals surface area contributed by atoms with Gasteiger partial charge in [0.05, 0.1) is 7.11 Å². The van der Waals surface area contributed by atoms with E-state index in [0.717, 1.165) is 30.8 Å². The molecule has 0 saturated heterocycles. The van der Waals surface area contributed by atoms with Crippen LogP contribution in [0.25, 0.3) is 0 Å². The lowest BCUT2D eigenvalue weighted by Crippen LogP contribution is -2.25. The summed E-state index contributed by atoms with van der Waals surface area (Å²) in [5.41, 5.74) is 5.14. The van der Waals surface area contributed by atoms with Crippen LogP contribution in [0.5, 0.6) is 5.75 Å². The Bertz CT molecular complexity index is 1110. The van der Waals surface area contributed by atoms with E-state index >= 15 is 0 Å². The molecule has 0 fully saturated rings. The van der Waals surface area contributed by atoms with Crippen LogP contribution < -0.4 is 20.3 Å². The fraction of sp³-hybridized carbons (Fsp3) is 0.259. The van der Waals surface area contributed by atoms with Crippen molar-refractivity contribution in [2.45, 2.75) is 25.8 Å². The lowest BCUT2D eigenvalue weighted by atomic mass is 10.1. The van der Waals surface area contributed by atoms with Crippen molar-refractivity contribution >= 4 is 23.2 Å². The molecule has 1 aliphatic rings. The number of ether oxygens (including phenoxy) is 1. The fourth-order valence-corrected chi connectivity index (χ4v) is 4.06. The second-order valence-electron chi connectivity index (χ2n) is 8.09. The smallest absolute Gasteiger partial charge is 0.251 e. The second kappa shape index (κ2) is 10.7. The predicted octanol–water partition coefficient (Wildman–Crippen LogP) is 4.41. The van der Waals surface area contributed by atoms with Gasteiger partial charge in [0.25, 0.3) is 5.91 Å². The zero-order valence-electron chi connectivity index (χ0n) is 18.8. The largest absolute Gasteiger partial charge is 0.497 e. The third-order valence-electron chi connectivity index (χ3n) is 5.85. The molecule has 33 heavy (non-hydrogen) atoms. The van der Waals surface area contributed by atoms with Crippen molar-refractivity contribution < 1.29 is 14.3 Å². The van der Waals surface area contributed by atoms with Crippen LogP contribution in [0.15, 0.2) is 72.8 Å². The van der Waals surface area contributed by atoms with Gasteiger partial charge >= 0.3 is 0 Å². The third kappa shape index (κ3) is 5.71. The molecule has 6 heteroatoms. The molecule has 0 atom stereocenters. The first kappa shape index (κ1) is 22.4. The van der Waals surface area contributed by atoms with Gasteiger partial charge in [-0.05, 0) is 60.4 Å². The molecule has 0 bridgehead atoms. The molecule has 170 valence electrons. The van der Waals surface area contributed by atoms with Crippen LogP contribution >= 0.6 is 0 Å². The number of hydrogen-bond donors (Lipinski definition) is 2. The normalized spacial score (nSPS) is 12.2. The average molecular weight is 444 g/mol. The first-order valence-electron chi connectivity index (χ1n) is 11.3. The molecular weight excluding hydrogens is 414 g/mol. The van der Waals surface area contributed by atoms with E-state index in [9.17, 15) is 9.59 Å². The molecule has 0 radical (unpaired) electrons. The zero-order chi connectivity index (χ0) is 23.0. The summed E-state index contributed by atoms with van der Waals surface area (Å²) in [4.78, 5) is 27.1. The number of methoxy groups -OCH3 is 1. The van der Waals surface area contributed by atoms with Gasteiger partial charge in [-0.1, -0.05) is 36.4 Å². The van der Waals surface area contributed by atoms with Gasteiger partial charge in [-0.15, -0.1) is 0 Å². The number of carbonyl (C=O) groups is 2. The van der Waals surface area contributed by atoms with Gasteiger partial charge in [0.1, 0.15) is 5.75 Å². The molecule has 0 aliphatic carbocycles. The van der Waals surface area contributed by atoms with Crippen molar-refractivity contribution in [3.63, 3.8) is 0 Å². The minimum atomic E-state index is -0.158. The van der Waals surface area contributed by atoms with Crippen LogP contribution in [0, 0.1) is 0 Å². The van der Waals surface area contributed by atoms with Crippen LogP contribution in [-0.2, 0) is 17.8 Å². The summed E-state index contributed by atoms with van der Waals surface area (Å²) < 4.78 is 5.10. The highest BCUT2D eigenvalue weighted by atomic mass is 16.5. The first-order chi connectivity index (χ1) is 16.1. The predicted molar refractivity (Wildman–Crippen MR) is 131 cm³/mol. The maximum atomic E-state index is 12.5. The van der Waals surface area contributed by atoms with Gasteiger partial charge in [0.2, 0.25) is 5.91 Å². The summed E-state index contributed by atoms with van der Waals surface area (Å²) in [7, 11) is 1.59. The van der Waals surface area contributed by atoms with Gasteiger partial charge in [-0.3, -0.25) is 9.59 Å². The van der Waals surface area contributed by atoms with E-state index in [-0.39, 0.29) is 11.8 Å². The van der Waals surface area contributed by atoms with Crippen molar-refractivity contribution in [1.29, 1.82) is 0 Å². The Morgan fingerprint density at radius 1 is 0.970 bits per heavy atom. The maximum Gasteiger partial charge on any atom is 0.251 e. The molecule has 1 aliphatic heterocycles. The molecule has 2 amide bonds. The van der Waals surface area contributed by atoms with Crippen LogP contribution in [0.3, 0.4) is 0 Å². The average Bonchev–Trinajstić information content (AvgIpc) is 3.26. The standard InChI is InChI=1S/C27H29N3O3/c1-33-23-14-12-21(13-15-23)27(32)28-17-6-11-26(31)29-24-9-4-2-8-22(24)19-30-18-16-20-7-3-5-10-25(20)30/h2-5,7-10,12-15H,6,11,16-19H2,1H3,(H,28,32)(H,29,31). The molecule has 3 aromatic carbocycles. The van der Waals surface area contributed by atoms with E-state index in [1.54, 1.807) is 31.4 Å². The minimum Gasteiger partial charge on any atom is -0.497 e. The van der Waals surface area contributed by atoms with E-state index in [0.29, 0.717) is 30.7 Å². The number of nitrogens with one attached hydrogen (secondary N) is 2. The number of hydrogen-bond acceptors (Lipinski definition) is 4. The summed E-state index contributed by atoms with van der Waals surface area (Å²) in [5, 5.41) is 5.91. The number of amides is 2. The molecule has 3 aromatic rings. The molecular formula is C27H29N3O3. The molecule has 0 saturated carbocycles. The molecule has 6 nitrogen and oxygen atoms in total. The lowest BCUT2D eigenvalue weighted by Gasteiger charge is -2.21. The number of para-hydroxylation sites is 2. The zero-order valence-corrected chi connectivity index (χ0v) is 18.8. The summed E-state index contributed by atoms with van der Waals surface area (Å²) in [5.74, 6) is 0.495. The number of rotatable bonds is 9. The maximum absolute atomic E-state index is 12.5. The molecule has 0 aromatic heterocycles. The minimum absolute atomic E-state index is 0.0528. The van der Waals surface area contributed by atoms with E-state index in [1.807, 2.05) is 18.2 Å². The number of anilines is 2. The Hall–Kier alpha value is -3.80. The van der Waals surface area contributed by atoms with Crippen molar-refractivity contribution in [2.24, 2.45) is 0 Å². The van der Waals surface area contributed by atoms with Crippen LogP contribution in [0.4, 0.5) is 11.4 Å². The van der Waals surface area contributed by atoms with Gasteiger partial charge in [0.15, 0.2) is 0 Å². The van der Waals surface area contributed by atoms with Gasteiger partial charge in [0, 0.05) is 43.0 Å². The highest BCUT2D eigenvalue weighted by Crippen LogP contribution is 2.30. The number of carbonyl (C=O) groups excluding carboxylic acids is 2. The topological polar surface area (TPSA) is 70.7 Å². The summed E-state index contributed by atoms with van der Waals surface area (Å²) in [6.07, 6.45) is 1.95.